The van der Waals surface area contributed by atoms with Crippen molar-refractivity contribution >= 4 is 11.8 Å². The number of halogens is 1. The topological polar surface area (TPSA) is 3.88 Å². The van der Waals surface area contributed by atoms with E-state index >= 15 is 0 Å². The first-order valence-corrected chi connectivity index (χ1v) is 4.51. The standard InChI is InChI=1S/C9H12NS.HI/c1-3-8-11-9-6-4-5-7-10(9)2;/h3-7H,1,8H2,2H3;1H/q+1;/p-1. The Hall–Kier alpha value is -0.0300. The molecule has 0 aliphatic carbocycles. The summed E-state index contributed by atoms with van der Waals surface area (Å²) in [5, 5.41) is 1.27. The third-order valence-corrected chi connectivity index (χ3v) is 2.48. The Morgan fingerprint density at radius 2 is 2.33 bits per heavy atom. The number of nitrogens with zero attached hydrogens (tertiary/aromatic N) is 1. The van der Waals surface area contributed by atoms with Crippen LogP contribution in [0.2, 0.25) is 0 Å². The van der Waals surface area contributed by atoms with E-state index < -0.39 is 0 Å². The number of thioether (sulfide) groups is 1. The Kier molecular flexibility index (Phi) is 6.47. The summed E-state index contributed by atoms with van der Waals surface area (Å²) in [6.07, 6.45) is 3.96. The summed E-state index contributed by atoms with van der Waals surface area (Å²) in [5.41, 5.74) is 0. The Bertz CT molecular complexity index is 250. The van der Waals surface area contributed by atoms with Gasteiger partial charge in [-0.1, -0.05) is 17.8 Å². The molecule has 0 aliphatic rings. The van der Waals surface area contributed by atoms with E-state index in [0.717, 1.165) is 5.75 Å². The molecular formula is C9H12INS. The van der Waals surface area contributed by atoms with Crippen molar-refractivity contribution in [2.24, 2.45) is 7.05 Å². The van der Waals surface area contributed by atoms with E-state index in [1.807, 2.05) is 31.5 Å². The molecule has 0 atom stereocenters. The van der Waals surface area contributed by atoms with Crippen LogP contribution >= 0.6 is 11.8 Å². The molecule has 0 unspecified atom stereocenters. The number of pyridine rings is 1. The Labute approximate surface area is 94.9 Å². The molecule has 1 heterocycles. The summed E-state index contributed by atoms with van der Waals surface area (Å²) in [4.78, 5) is 0. The van der Waals surface area contributed by atoms with Gasteiger partial charge in [-0.3, -0.25) is 0 Å². The molecule has 0 aromatic carbocycles. The van der Waals surface area contributed by atoms with Crippen molar-refractivity contribution < 1.29 is 28.5 Å². The minimum absolute atomic E-state index is 0. The minimum Gasteiger partial charge on any atom is -1.00 e. The van der Waals surface area contributed by atoms with Crippen molar-refractivity contribution in [3.63, 3.8) is 0 Å². The van der Waals surface area contributed by atoms with Crippen LogP contribution < -0.4 is 28.5 Å². The van der Waals surface area contributed by atoms with Gasteiger partial charge in [-0.05, 0) is 6.07 Å². The van der Waals surface area contributed by atoms with Crippen molar-refractivity contribution in [2.45, 2.75) is 5.03 Å². The number of hydrogen-bond acceptors (Lipinski definition) is 1. The lowest BCUT2D eigenvalue weighted by Gasteiger charge is -1.94. The summed E-state index contributed by atoms with van der Waals surface area (Å²) >= 11 is 1.79. The SMILES string of the molecule is C=CCSc1cccc[n+]1C.[I-]. The maximum atomic E-state index is 3.68. The average molecular weight is 293 g/mol. The predicted molar refractivity (Wildman–Crippen MR) is 48.5 cm³/mol. The van der Waals surface area contributed by atoms with E-state index in [0.29, 0.717) is 0 Å². The second-order valence-electron chi connectivity index (χ2n) is 2.25. The van der Waals surface area contributed by atoms with Gasteiger partial charge in [-0.2, -0.15) is 4.57 Å². The molecular weight excluding hydrogens is 281 g/mol. The summed E-state index contributed by atoms with van der Waals surface area (Å²) in [7, 11) is 2.05. The zero-order valence-electron chi connectivity index (χ0n) is 7.03. The predicted octanol–water partition coefficient (Wildman–Crippen LogP) is -1.21. The summed E-state index contributed by atoms with van der Waals surface area (Å²) in [6.45, 7) is 3.68. The van der Waals surface area contributed by atoms with Gasteiger partial charge in [0.1, 0.15) is 7.05 Å². The highest BCUT2D eigenvalue weighted by atomic mass is 127. The van der Waals surface area contributed by atoms with Crippen LogP contribution in [0.25, 0.3) is 0 Å². The van der Waals surface area contributed by atoms with Gasteiger partial charge in [0, 0.05) is 17.9 Å². The quantitative estimate of drug-likeness (QED) is 0.293. The van der Waals surface area contributed by atoms with Gasteiger partial charge in [0.15, 0.2) is 6.20 Å². The van der Waals surface area contributed by atoms with Crippen molar-refractivity contribution in [3.8, 4) is 0 Å². The van der Waals surface area contributed by atoms with Crippen LogP contribution in [0.15, 0.2) is 42.1 Å². The molecule has 0 fully saturated rings. The fraction of sp³-hybridized carbons (Fsp3) is 0.222. The summed E-state index contributed by atoms with van der Waals surface area (Å²) in [5.74, 6) is 0.970. The molecule has 66 valence electrons. The van der Waals surface area contributed by atoms with Crippen molar-refractivity contribution in [3.05, 3.63) is 37.1 Å². The largest absolute Gasteiger partial charge is 1.00 e. The van der Waals surface area contributed by atoms with Crippen LogP contribution in [-0.2, 0) is 7.05 Å². The molecule has 1 aromatic heterocycles. The highest BCUT2D eigenvalue weighted by Crippen LogP contribution is 2.11. The van der Waals surface area contributed by atoms with E-state index in [2.05, 4.69) is 17.2 Å². The average Bonchev–Trinajstić information content (AvgIpc) is 2.03. The first-order valence-electron chi connectivity index (χ1n) is 3.53. The van der Waals surface area contributed by atoms with Crippen molar-refractivity contribution in [1.29, 1.82) is 0 Å². The molecule has 0 N–H and O–H groups in total. The second kappa shape index (κ2) is 6.48. The normalized spacial score (nSPS) is 8.75. The maximum absolute atomic E-state index is 3.68. The van der Waals surface area contributed by atoms with E-state index in [1.165, 1.54) is 5.03 Å². The lowest BCUT2D eigenvalue weighted by atomic mass is 10.5. The molecule has 3 heteroatoms. The van der Waals surface area contributed by atoms with Gasteiger partial charge in [0.25, 0.3) is 0 Å². The van der Waals surface area contributed by atoms with Crippen LogP contribution in [-0.4, -0.2) is 5.75 Å². The molecule has 1 rings (SSSR count). The first-order chi connectivity index (χ1) is 5.34. The van der Waals surface area contributed by atoms with E-state index in [4.69, 9.17) is 0 Å². The number of aryl methyl sites for hydroxylation is 1. The van der Waals surface area contributed by atoms with Crippen LogP contribution in [0.3, 0.4) is 0 Å². The van der Waals surface area contributed by atoms with E-state index in [9.17, 15) is 0 Å². The molecule has 0 radical (unpaired) electrons. The zero-order chi connectivity index (χ0) is 8.10. The summed E-state index contributed by atoms with van der Waals surface area (Å²) in [6, 6.07) is 6.18. The molecule has 0 aliphatic heterocycles. The molecule has 1 aromatic rings. The van der Waals surface area contributed by atoms with Crippen LogP contribution in [0.1, 0.15) is 0 Å². The molecule has 12 heavy (non-hydrogen) atoms. The molecule has 0 spiro atoms. The van der Waals surface area contributed by atoms with Crippen molar-refractivity contribution in [1.82, 2.24) is 0 Å². The number of aromatic nitrogens is 1. The number of hydrogen-bond donors (Lipinski definition) is 0. The van der Waals surface area contributed by atoms with Gasteiger partial charge in [-0.25, -0.2) is 0 Å². The first kappa shape index (κ1) is 12.0. The third-order valence-electron chi connectivity index (χ3n) is 1.36. The van der Waals surface area contributed by atoms with Gasteiger partial charge >= 0.3 is 0 Å². The molecule has 0 bridgehead atoms. The molecule has 0 saturated carbocycles. The Balaban J connectivity index is 0.00000121. The lowest BCUT2D eigenvalue weighted by Crippen LogP contribution is -3.00. The van der Waals surface area contributed by atoms with E-state index in [-0.39, 0.29) is 24.0 Å². The second-order valence-corrected chi connectivity index (χ2v) is 3.29. The van der Waals surface area contributed by atoms with Crippen LogP contribution in [0, 0.1) is 0 Å². The van der Waals surface area contributed by atoms with Crippen LogP contribution in [0.5, 0.6) is 0 Å². The zero-order valence-corrected chi connectivity index (χ0v) is 10.0. The van der Waals surface area contributed by atoms with E-state index in [1.54, 1.807) is 11.8 Å². The van der Waals surface area contributed by atoms with Gasteiger partial charge in [0.05, 0.1) is 0 Å². The molecule has 0 saturated heterocycles. The Morgan fingerprint density at radius 1 is 1.58 bits per heavy atom. The summed E-state index contributed by atoms with van der Waals surface area (Å²) < 4.78 is 2.11. The highest BCUT2D eigenvalue weighted by molar-refractivity contribution is 7.99. The fourth-order valence-electron chi connectivity index (χ4n) is 0.802. The van der Waals surface area contributed by atoms with Crippen LogP contribution in [0.4, 0.5) is 0 Å². The minimum atomic E-state index is 0. The fourth-order valence-corrected chi connectivity index (χ4v) is 1.53. The van der Waals surface area contributed by atoms with Gasteiger partial charge in [0.2, 0.25) is 5.03 Å². The molecule has 0 amide bonds. The molecule has 1 nitrogen and oxygen atoms in total. The monoisotopic (exact) mass is 293 g/mol. The van der Waals surface area contributed by atoms with Crippen molar-refractivity contribution in [2.75, 3.05) is 5.75 Å². The third kappa shape index (κ3) is 3.58. The highest BCUT2D eigenvalue weighted by Gasteiger charge is 2.01. The smallest absolute Gasteiger partial charge is 0.240 e. The van der Waals surface area contributed by atoms with Gasteiger partial charge < -0.3 is 24.0 Å². The Morgan fingerprint density at radius 3 is 2.92 bits per heavy atom. The number of rotatable bonds is 3. The van der Waals surface area contributed by atoms with Gasteiger partial charge in [-0.15, -0.1) is 6.58 Å². The maximum Gasteiger partial charge on any atom is 0.240 e. The lowest BCUT2D eigenvalue weighted by molar-refractivity contribution is -0.708.